The molecule has 2 rings (SSSR count). The van der Waals surface area contributed by atoms with Gasteiger partial charge >= 0.3 is 0 Å². The van der Waals surface area contributed by atoms with Gasteiger partial charge in [0.15, 0.2) is 5.72 Å². The Bertz CT molecular complexity index is 405. The molecule has 74 valence electrons. The van der Waals surface area contributed by atoms with E-state index in [4.69, 9.17) is 11.6 Å². The zero-order valence-electron chi connectivity index (χ0n) is 7.67. The first kappa shape index (κ1) is 9.49. The molecule has 1 amide bonds. The van der Waals surface area contributed by atoms with E-state index in [9.17, 15) is 9.90 Å². The molecule has 0 aromatic heterocycles. The molecule has 1 aliphatic rings. The van der Waals surface area contributed by atoms with Gasteiger partial charge in [0, 0.05) is 16.1 Å². The third-order valence-electron chi connectivity index (χ3n) is 2.50. The minimum atomic E-state index is -1.25. The van der Waals surface area contributed by atoms with Crippen LogP contribution in [0.2, 0.25) is 5.02 Å². The van der Waals surface area contributed by atoms with E-state index in [1.165, 1.54) is 0 Å². The number of aliphatic hydroxyl groups is 1. The molecule has 0 saturated heterocycles. The standard InChI is InChI=1S/C10H10ClNO2/c1-2-10(14)8-5-6(11)3-4-7(8)9(13)12-10/h3-5,14H,2H2,1H3,(H,12,13)/t10-/m1/s1. The lowest BCUT2D eigenvalue weighted by Crippen LogP contribution is -2.38. The van der Waals surface area contributed by atoms with E-state index in [0.29, 0.717) is 22.6 Å². The van der Waals surface area contributed by atoms with Crippen LogP contribution < -0.4 is 5.32 Å². The second-order valence-electron chi connectivity index (χ2n) is 3.36. The molecular formula is C10H10ClNO2. The Labute approximate surface area is 86.7 Å². The van der Waals surface area contributed by atoms with Crippen LogP contribution in [0.3, 0.4) is 0 Å². The molecule has 0 bridgehead atoms. The zero-order chi connectivity index (χ0) is 10.3. The van der Waals surface area contributed by atoms with Crippen LogP contribution >= 0.6 is 11.6 Å². The summed E-state index contributed by atoms with van der Waals surface area (Å²) in [5, 5.41) is 13.1. The van der Waals surface area contributed by atoms with Crippen LogP contribution in [0.5, 0.6) is 0 Å². The Morgan fingerprint density at radius 2 is 2.29 bits per heavy atom. The van der Waals surface area contributed by atoms with Crippen molar-refractivity contribution < 1.29 is 9.90 Å². The van der Waals surface area contributed by atoms with Gasteiger partial charge in [-0.3, -0.25) is 4.79 Å². The molecule has 1 aliphatic heterocycles. The number of amides is 1. The number of halogens is 1. The van der Waals surface area contributed by atoms with Gasteiger partial charge in [-0.05, 0) is 24.6 Å². The fourth-order valence-corrected chi connectivity index (χ4v) is 1.83. The lowest BCUT2D eigenvalue weighted by molar-refractivity contribution is 0.00970. The summed E-state index contributed by atoms with van der Waals surface area (Å²) in [6.07, 6.45) is 0.423. The molecule has 1 aromatic carbocycles. The number of hydrogen-bond acceptors (Lipinski definition) is 2. The monoisotopic (exact) mass is 211 g/mol. The first-order valence-electron chi connectivity index (χ1n) is 4.42. The highest BCUT2D eigenvalue weighted by Gasteiger charge is 2.39. The zero-order valence-corrected chi connectivity index (χ0v) is 8.43. The molecule has 0 fully saturated rings. The average Bonchev–Trinajstić information content (AvgIpc) is 2.40. The van der Waals surface area contributed by atoms with Crippen LogP contribution in [-0.4, -0.2) is 11.0 Å². The van der Waals surface area contributed by atoms with Gasteiger partial charge in [-0.15, -0.1) is 0 Å². The molecule has 14 heavy (non-hydrogen) atoms. The van der Waals surface area contributed by atoms with E-state index in [1.807, 2.05) is 0 Å². The van der Waals surface area contributed by atoms with Crippen LogP contribution in [0.15, 0.2) is 18.2 Å². The van der Waals surface area contributed by atoms with Gasteiger partial charge in [0.1, 0.15) is 0 Å². The van der Waals surface area contributed by atoms with Crippen molar-refractivity contribution in [1.82, 2.24) is 5.32 Å². The smallest absolute Gasteiger partial charge is 0.254 e. The maximum atomic E-state index is 11.4. The molecular weight excluding hydrogens is 202 g/mol. The number of carbonyl (C=O) groups is 1. The maximum absolute atomic E-state index is 11.4. The number of benzene rings is 1. The second kappa shape index (κ2) is 2.97. The van der Waals surface area contributed by atoms with E-state index in [1.54, 1.807) is 25.1 Å². The van der Waals surface area contributed by atoms with Crippen LogP contribution in [0.25, 0.3) is 0 Å². The third kappa shape index (κ3) is 1.21. The molecule has 0 saturated carbocycles. The Kier molecular flexibility index (Phi) is 2.01. The van der Waals surface area contributed by atoms with E-state index < -0.39 is 5.72 Å². The molecule has 0 aliphatic carbocycles. The van der Waals surface area contributed by atoms with Crippen molar-refractivity contribution in [1.29, 1.82) is 0 Å². The van der Waals surface area contributed by atoms with Crippen molar-refractivity contribution in [2.45, 2.75) is 19.1 Å². The van der Waals surface area contributed by atoms with Crippen molar-refractivity contribution in [2.75, 3.05) is 0 Å². The minimum absolute atomic E-state index is 0.249. The summed E-state index contributed by atoms with van der Waals surface area (Å²) in [6.45, 7) is 1.80. The van der Waals surface area contributed by atoms with Gasteiger partial charge in [0.05, 0.1) is 0 Å². The van der Waals surface area contributed by atoms with Crippen LogP contribution in [0, 0.1) is 0 Å². The first-order valence-corrected chi connectivity index (χ1v) is 4.79. The second-order valence-corrected chi connectivity index (χ2v) is 3.79. The lowest BCUT2D eigenvalue weighted by atomic mass is 10.00. The number of fused-ring (bicyclic) bond motifs is 1. The van der Waals surface area contributed by atoms with Gasteiger partial charge in [-0.25, -0.2) is 0 Å². The highest BCUT2D eigenvalue weighted by Crippen LogP contribution is 2.33. The predicted molar refractivity (Wildman–Crippen MR) is 53.1 cm³/mol. The predicted octanol–water partition coefficient (Wildman–Crippen LogP) is 1.64. The SMILES string of the molecule is CC[C@]1(O)NC(=O)c2ccc(Cl)cc21. The largest absolute Gasteiger partial charge is 0.367 e. The van der Waals surface area contributed by atoms with Crippen molar-refractivity contribution in [3.8, 4) is 0 Å². The van der Waals surface area contributed by atoms with Crippen molar-refractivity contribution in [2.24, 2.45) is 0 Å². The summed E-state index contributed by atoms with van der Waals surface area (Å²) in [7, 11) is 0. The fourth-order valence-electron chi connectivity index (χ4n) is 1.66. The van der Waals surface area contributed by atoms with E-state index in [0.717, 1.165) is 0 Å². The molecule has 0 spiro atoms. The minimum Gasteiger partial charge on any atom is -0.367 e. The Morgan fingerprint density at radius 3 is 2.93 bits per heavy atom. The molecule has 0 unspecified atom stereocenters. The topological polar surface area (TPSA) is 49.3 Å². The van der Waals surface area contributed by atoms with Gasteiger partial charge in [-0.2, -0.15) is 0 Å². The summed E-state index contributed by atoms with van der Waals surface area (Å²) in [5.74, 6) is -0.249. The Morgan fingerprint density at radius 1 is 1.57 bits per heavy atom. The number of hydrogen-bond donors (Lipinski definition) is 2. The molecule has 1 atom stereocenters. The molecule has 0 radical (unpaired) electrons. The van der Waals surface area contributed by atoms with Gasteiger partial charge in [0.25, 0.3) is 5.91 Å². The summed E-state index contributed by atoms with van der Waals surface area (Å²) < 4.78 is 0. The van der Waals surface area contributed by atoms with Crippen molar-refractivity contribution in [3.63, 3.8) is 0 Å². The third-order valence-corrected chi connectivity index (χ3v) is 2.74. The average molecular weight is 212 g/mol. The molecule has 2 N–H and O–H groups in total. The van der Waals surface area contributed by atoms with Crippen LogP contribution in [0.4, 0.5) is 0 Å². The van der Waals surface area contributed by atoms with Gasteiger partial charge < -0.3 is 10.4 Å². The van der Waals surface area contributed by atoms with Gasteiger partial charge in [-0.1, -0.05) is 18.5 Å². The lowest BCUT2D eigenvalue weighted by Gasteiger charge is -2.21. The van der Waals surface area contributed by atoms with Crippen molar-refractivity contribution in [3.05, 3.63) is 34.3 Å². The number of carbonyl (C=O) groups excluding carboxylic acids is 1. The summed E-state index contributed by atoms with van der Waals surface area (Å²) in [6, 6.07) is 4.89. The normalized spacial score (nSPS) is 24.6. The summed E-state index contributed by atoms with van der Waals surface area (Å²) in [5.41, 5.74) is -0.187. The highest BCUT2D eigenvalue weighted by atomic mass is 35.5. The Hall–Kier alpha value is -1.06. The van der Waals surface area contributed by atoms with Crippen molar-refractivity contribution >= 4 is 17.5 Å². The molecule has 1 heterocycles. The van der Waals surface area contributed by atoms with E-state index in [2.05, 4.69) is 5.32 Å². The highest BCUT2D eigenvalue weighted by molar-refractivity contribution is 6.30. The fraction of sp³-hybridized carbons (Fsp3) is 0.300. The molecule has 4 heteroatoms. The van der Waals surface area contributed by atoms with Gasteiger partial charge in [0.2, 0.25) is 0 Å². The van der Waals surface area contributed by atoms with E-state index in [-0.39, 0.29) is 5.91 Å². The van der Waals surface area contributed by atoms with Crippen LogP contribution in [-0.2, 0) is 5.72 Å². The number of rotatable bonds is 1. The Balaban J connectivity index is 2.62. The summed E-state index contributed by atoms with van der Waals surface area (Å²) in [4.78, 5) is 11.4. The molecule has 1 aromatic rings. The summed E-state index contributed by atoms with van der Waals surface area (Å²) >= 11 is 5.81. The van der Waals surface area contributed by atoms with Crippen LogP contribution in [0.1, 0.15) is 29.3 Å². The number of nitrogens with one attached hydrogen (secondary N) is 1. The molecule has 3 nitrogen and oxygen atoms in total. The quantitative estimate of drug-likeness (QED) is 0.742. The maximum Gasteiger partial charge on any atom is 0.254 e. The first-order chi connectivity index (χ1) is 6.57. The van der Waals surface area contributed by atoms with E-state index >= 15 is 0 Å².